The van der Waals surface area contributed by atoms with Crippen molar-refractivity contribution in [3.05, 3.63) is 30.1 Å². The molecule has 5 fully saturated rings. The van der Waals surface area contributed by atoms with Crippen LogP contribution < -0.4 is 10.6 Å². The van der Waals surface area contributed by atoms with Gasteiger partial charge >= 0.3 is 0 Å². The molecule has 7 atom stereocenters. The first-order valence-corrected chi connectivity index (χ1v) is 16.4. The Morgan fingerprint density at radius 2 is 1.72 bits per heavy atom. The van der Waals surface area contributed by atoms with E-state index in [-0.39, 0.29) is 61.4 Å². The maximum atomic E-state index is 14.1. The summed E-state index contributed by atoms with van der Waals surface area (Å²) in [6, 6.07) is 2.47. The van der Waals surface area contributed by atoms with Crippen LogP contribution in [0, 0.1) is 5.82 Å². The smallest absolute Gasteiger partial charge is 0.244 e. The van der Waals surface area contributed by atoms with E-state index in [0.717, 1.165) is 42.1 Å². The Kier molecular flexibility index (Phi) is 8.47. The number of nitrogens with one attached hydrogen (secondary N) is 2. The van der Waals surface area contributed by atoms with Gasteiger partial charge in [-0.2, -0.15) is 4.31 Å². The number of nitrogens with zero attached hydrogens (tertiary/aromatic N) is 3. The molecule has 4 aliphatic heterocycles. The first-order valence-electron chi connectivity index (χ1n) is 14.9. The average Bonchev–Trinajstić information content (AvgIpc) is 3.72. The number of hydrogen-bond acceptors (Lipinski definition) is 9. The lowest BCUT2D eigenvalue weighted by Crippen LogP contribution is -2.63. The zero-order valence-electron chi connectivity index (χ0n) is 23.7. The summed E-state index contributed by atoms with van der Waals surface area (Å²) in [6.07, 6.45) is -0.749. The Labute approximate surface area is 249 Å². The molecule has 4 N–H and O–H groups in total. The highest BCUT2D eigenvalue weighted by molar-refractivity contribution is 7.89. The van der Waals surface area contributed by atoms with Crippen molar-refractivity contribution in [2.45, 2.75) is 92.0 Å². The van der Waals surface area contributed by atoms with E-state index in [1.54, 1.807) is 0 Å². The molecule has 4 saturated heterocycles. The summed E-state index contributed by atoms with van der Waals surface area (Å²) < 4.78 is 48.1. The molecule has 15 heteroatoms. The second-order valence-electron chi connectivity index (χ2n) is 12.2. The largest absolute Gasteiger partial charge is 0.388 e. The van der Waals surface area contributed by atoms with Gasteiger partial charge in [0.2, 0.25) is 27.7 Å². The number of aliphatic hydroxyl groups is 2. The number of piperazine rings is 1. The Hall–Kier alpha value is -2.69. The molecule has 6 rings (SSSR count). The molecule has 5 aliphatic rings. The molecule has 0 radical (unpaired) electrons. The molecule has 3 amide bonds. The van der Waals surface area contributed by atoms with Gasteiger partial charge < -0.3 is 30.5 Å². The zero-order chi connectivity index (χ0) is 30.5. The van der Waals surface area contributed by atoms with Crippen LogP contribution >= 0.6 is 0 Å². The van der Waals surface area contributed by atoms with Crippen molar-refractivity contribution < 1.29 is 42.1 Å². The summed E-state index contributed by atoms with van der Waals surface area (Å²) in [4.78, 5) is 44.0. The van der Waals surface area contributed by atoms with Crippen molar-refractivity contribution in [2.24, 2.45) is 0 Å². The predicted molar refractivity (Wildman–Crippen MR) is 148 cm³/mol. The number of aliphatic hydroxyl groups excluding tert-OH is 2. The van der Waals surface area contributed by atoms with E-state index < -0.39 is 58.2 Å². The van der Waals surface area contributed by atoms with Crippen LogP contribution in [0.3, 0.4) is 0 Å². The molecule has 13 nitrogen and oxygen atoms in total. The maximum Gasteiger partial charge on any atom is 0.244 e. The highest BCUT2D eigenvalue weighted by atomic mass is 32.2. The van der Waals surface area contributed by atoms with Gasteiger partial charge in [-0.25, -0.2) is 12.8 Å². The van der Waals surface area contributed by atoms with Crippen molar-refractivity contribution in [3.8, 4) is 0 Å². The van der Waals surface area contributed by atoms with Crippen molar-refractivity contribution in [1.82, 2.24) is 24.7 Å². The number of hydrogen-bond donors (Lipinski definition) is 4. The van der Waals surface area contributed by atoms with Crippen LogP contribution in [0.5, 0.6) is 0 Å². The third-order valence-electron chi connectivity index (χ3n) is 9.46. The van der Waals surface area contributed by atoms with Gasteiger partial charge in [-0.3, -0.25) is 19.3 Å². The van der Waals surface area contributed by atoms with Gasteiger partial charge in [-0.05, 0) is 37.5 Å². The highest BCUT2D eigenvalue weighted by Gasteiger charge is 2.49. The second kappa shape index (κ2) is 12.0. The topological polar surface area (TPSA) is 169 Å². The number of benzene rings is 1. The number of rotatable bonds is 3. The van der Waals surface area contributed by atoms with Crippen molar-refractivity contribution in [3.63, 3.8) is 0 Å². The molecule has 1 aliphatic carbocycles. The van der Waals surface area contributed by atoms with Crippen LogP contribution in [-0.2, 0) is 29.1 Å². The highest BCUT2D eigenvalue weighted by Crippen LogP contribution is 2.33. The Balaban J connectivity index is 1.33. The SMILES string of the molecule is O=C1C[C@@H]2O[C@H](CNC(=O)[C@@H]3CN(CCN3S(=O)(=O)c3cccc(F)c3)C(=O)[C@@H]3C[C@@H](CN3C3CCCC3)N1)[C@@H](O)[C@H]2O. The zero-order valence-corrected chi connectivity index (χ0v) is 24.5. The molecule has 1 aromatic carbocycles. The van der Waals surface area contributed by atoms with E-state index in [1.165, 1.54) is 17.0 Å². The van der Waals surface area contributed by atoms with Crippen LogP contribution in [0.2, 0.25) is 0 Å². The Morgan fingerprint density at radius 3 is 2.47 bits per heavy atom. The van der Waals surface area contributed by atoms with Gasteiger partial charge in [0.1, 0.15) is 30.2 Å². The summed E-state index contributed by atoms with van der Waals surface area (Å²) in [6.45, 7) is -0.202. The predicted octanol–water partition coefficient (Wildman–Crippen LogP) is -1.46. The van der Waals surface area contributed by atoms with Gasteiger partial charge in [-0.15, -0.1) is 0 Å². The number of carbonyl (C=O) groups excluding carboxylic acids is 3. The number of sulfonamides is 1. The van der Waals surface area contributed by atoms with Gasteiger partial charge in [0.25, 0.3) is 0 Å². The van der Waals surface area contributed by atoms with Crippen molar-refractivity contribution >= 4 is 27.7 Å². The van der Waals surface area contributed by atoms with Gasteiger partial charge in [-0.1, -0.05) is 18.9 Å². The number of likely N-dealkylation sites (tertiary alicyclic amines) is 1. The van der Waals surface area contributed by atoms with E-state index in [1.807, 2.05) is 0 Å². The number of amides is 3. The van der Waals surface area contributed by atoms with Crippen LogP contribution in [0.15, 0.2) is 29.2 Å². The van der Waals surface area contributed by atoms with Gasteiger partial charge in [0.15, 0.2) is 0 Å². The fourth-order valence-corrected chi connectivity index (χ4v) is 8.84. The summed E-state index contributed by atoms with van der Waals surface area (Å²) >= 11 is 0. The number of ether oxygens (including phenoxy) is 1. The van der Waals surface area contributed by atoms with E-state index in [4.69, 9.17) is 4.74 Å². The van der Waals surface area contributed by atoms with E-state index in [0.29, 0.717) is 13.0 Å². The second-order valence-corrected chi connectivity index (χ2v) is 14.1. The molecule has 43 heavy (non-hydrogen) atoms. The first kappa shape index (κ1) is 30.3. The minimum Gasteiger partial charge on any atom is -0.388 e. The molecule has 4 heterocycles. The van der Waals surface area contributed by atoms with Crippen LogP contribution in [0.1, 0.15) is 38.5 Å². The lowest BCUT2D eigenvalue weighted by Gasteiger charge is -2.41. The lowest BCUT2D eigenvalue weighted by atomic mass is 10.0. The van der Waals surface area contributed by atoms with E-state index in [9.17, 15) is 37.4 Å². The number of halogens is 1. The fourth-order valence-electron chi connectivity index (χ4n) is 7.24. The molecule has 1 saturated carbocycles. The number of fused-ring (bicyclic) bond motifs is 6. The summed E-state index contributed by atoms with van der Waals surface area (Å²) in [5.74, 6) is -2.07. The van der Waals surface area contributed by atoms with Crippen LogP contribution in [0.4, 0.5) is 4.39 Å². The van der Waals surface area contributed by atoms with E-state index >= 15 is 0 Å². The maximum absolute atomic E-state index is 14.1. The number of carbonyl (C=O) groups is 3. The quantitative estimate of drug-likeness (QED) is 0.314. The summed E-state index contributed by atoms with van der Waals surface area (Å²) in [5.41, 5.74) is 0. The third-order valence-corrected chi connectivity index (χ3v) is 11.4. The normalized spacial score (nSPS) is 35.3. The molecule has 1 aromatic rings. The van der Waals surface area contributed by atoms with Crippen molar-refractivity contribution in [1.29, 1.82) is 0 Å². The molecule has 0 aromatic heterocycles. The molecular weight excluding hydrogens is 585 g/mol. The molecule has 0 spiro atoms. The average molecular weight is 624 g/mol. The minimum absolute atomic E-state index is 0.0293. The molecule has 0 unspecified atom stereocenters. The lowest BCUT2D eigenvalue weighted by molar-refractivity contribution is -0.141. The molecule has 6 bridgehead atoms. The summed E-state index contributed by atoms with van der Waals surface area (Å²) in [5, 5.41) is 26.8. The van der Waals surface area contributed by atoms with Crippen LogP contribution in [-0.4, -0.2) is 132 Å². The molecular formula is C28H38FN5O8S. The Morgan fingerprint density at radius 1 is 0.977 bits per heavy atom. The molecule has 236 valence electrons. The minimum atomic E-state index is -4.33. The van der Waals surface area contributed by atoms with Gasteiger partial charge in [0.05, 0.1) is 23.5 Å². The standard InChI is InChI=1S/C28H38FN5O8S/c29-16-4-3-7-19(10-16)43(40,41)34-9-8-32-15-21(34)27(38)30-13-23-26(37)25(36)22(42-23)12-24(35)31-17-11-20(28(32)39)33(14-17)18-5-1-2-6-18/h3-4,7,10,17-18,20-23,25-26,36-37H,1-2,5-6,8-9,11-15H2,(H,30,38)(H,31,35)/t17-,20-,21-,22-,23+,25-,26+/m0/s1. The van der Waals surface area contributed by atoms with E-state index in [2.05, 4.69) is 15.5 Å². The third kappa shape index (κ3) is 5.90. The Bertz CT molecular complexity index is 1360. The fraction of sp³-hybridized carbons (Fsp3) is 0.679. The van der Waals surface area contributed by atoms with Crippen LogP contribution in [0.25, 0.3) is 0 Å². The summed E-state index contributed by atoms with van der Waals surface area (Å²) in [7, 11) is -4.33. The van der Waals surface area contributed by atoms with Gasteiger partial charge in [0, 0.05) is 44.8 Å². The van der Waals surface area contributed by atoms with Crippen molar-refractivity contribution in [2.75, 3.05) is 32.7 Å². The first-order chi connectivity index (χ1) is 20.5. The monoisotopic (exact) mass is 623 g/mol.